The quantitative estimate of drug-likeness (QED) is 0.121. The first kappa shape index (κ1) is 38.4. The van der Waals surface area contributed by atoms with Crippen molar-refractivity contribution in [1.82, 2.24) is 0 Å². The van der Waals surface area contributed by atoms with Crippen molar-refractivity contribution in [2.45, 2.75) is 86.2 Å². The van der Waals surface area contributed by atoms with Gasteiger partial charge in [-0.25, -0.2) is 9.38 Å². The topological polar surface area (TPSA) is 82.0 Å². The van der Waals surface area contributed by atoms with Crippen molar-refractivity contribution in [2.24, 2.45) is 22.7 Å². The second kappa shape index (κ2) is 16.3. The van der Waals surface area contributed by atoms with Crippen LogP contribution >= 0.6 is 0 Å². The fourth-order valence-electron chi connectivity index (χ4n) is 6.31. The summed E-state index contributed by atoms with van der Waals surface area (Å²) >= 11 is 0. The first-order valence-corrected chi connectivity index (χ1v) is 16.2. The normalized spacial score (nSPS) is 16.5. The molecule has 3 atom stereocenters. The molecule has 0 saturated heterocycles. The van der Waals surface area contributed by atoms with Gasteiger partial charge in [0.25, 0.3) is 0 Å². The van der Waals surface area contributed by atoms with Crippen molar-refractivity contribution in [3.63, 3.8) is 0 Å². The zero-order valence-corrected chi connectivity index (χ0v) is 28.9. The first-order valence-electron chi connectivity index (χ1n) is 16.2. The van der Waals surface area contributed by atoms with Crippen LogP contribution in [0.1, 0.15) is 81.5 Å². The van der Waals surface area contributed by atoms with E-state index < -0.39 is 53.0 Å². The fourth-order valence-corrected chi connectivity index (χ4v) is 6.31. The van der Waals surface area contributed by atoms with Crippen molar-refractivity contribution >= 4 is 23.9 Å². The van der Waals surface area contributed by atoms with E-state index in [9.17, 15) is 27.6 Å². The van der Waals surface area contributed by atoms with Crippen molar-refractivity contribution in [2.75, 3.05) is 13.7 Å². The monoisotopic (exact) mass is 671 g/mol. The molecular formula is C38H45F4NO5. The summed E-state index contributed by atoms with van der Waals surface area (Å²) in [6.07, 6.45) is -1.38. The molecule has 0 radical (unpaired) electrons. The van der Waals surface area contributed by atoms with E-state index in [0.717, 1.165) is 16.7 Å². The van der Waals surface area contributed by atoms with Crippen molar-refractivity contribution in [3.05, 3.63) is 75.6 Å². The molecule has 1 aliphatic carbocycles. The zero-order valence-electron chi connectivity index (χ0n) is 28.9. The van der Waals surface area contributed by atoms with Crippen LogP contribution in [0.2, 0.25) is 0 Å². The molecule has 2 aromatic carbocycles. The number of hydrogen-bond donors (Lipinski definition) is 0. The Morgan fingerprint density at radius 1 is 1.02 bits per heavy atom. The largest absolute Gasteiger partial charge is 0.497 e. The number of halogens is 4. The molecule has 0 saturated carbocycles. The predicted molar refractivity (Wildman–Crippen MR) is 179 cm³/mol. The van der Waals surface area contributed by atoms with E-state index in [1.807, 2.05) is 39.8 Å². The van der Waals surface area contributed by atoms with Crippen LogP contribution in [0.25, 0.3) is 11.1 Å². The minimum absolute atomic E-state index is 0.00632. The molecule has 3 unspecified atom stereocenters. The molecule has 0 bridgehead atoms. The summed E-state index contributed by atoms with van der Waals surface area (Å²) in [6.45, 7) is 12.6. The Bertz CT molecular complexity index is 1600. The number of aliphatic imine (C=N–C) groups is 1. The summed E-state index contributed by atoms with van der Waals surface area (Å²) in [7, 11) is 1.58. The highest BCUT2D eigenvalue weighted by Crippen LogP contribution is 2.39. The number of hydrogen-bond acceptors (Lipinski definition) is 5. The van der Waals surface area contributed by atoms with Gasteiger partial charge < -0.3 is 9.47 Å². The predicted octanol–water partition coefficient (Wildman–Crippen LogP) is 9.14. The van der Waals surface area contributed by atoms with Crippen molar-refractivity contribution in [3.8, 4) is 16.9 Å². The van der Waals surface area contributed by atoms with Gasteiger partial charge in [0.1, 0.15) is 11.6 Å². The number of ketones is 1. The van der Waals surface area contributed by atoms with Crippen molar-refractivity contribution in [1.29, 1.82) is 0 Å². The van der Waals surface area contributed by atoms with E-state index in [2.05, 4.69) is 4.99 Å². The summed E-state index contributed by atoms with van der Waals surface area (Å²) in [5, 5.41) is 0. The number of aryl methyl sites for hydroxylation is 3. The van der Waals surface area contributed by atoms with Crippen LogP contribution in [0.5, 0.6) is 5.75 Å². The van der Waals surface area contributed by atoms with Crippen LogP contribution in [0.4, 0.5) is 17.6 Å². The van der Waals surface area contributed by atoms with Gasteiger partial charge in [0.2, 0.25) is 5.91 Å². The van der Waals surface area contributed by atoms with Crippen LogP contribution in [0.3, 0.4) is 0 Å². The molecule has 0 heterocycles. The van der Waals surface area contributed by atoms with Gasteiger partial charge in [-0.3, -0.25) is 14.4 Å². The van der Waals surface area contributed by atoms with Gasteiger partial charge in [0, 0.05) is 24.0 Å². The molecular weight excluding hydrogens is 626 g/mol. The second-order valence-corrected chi connectivity index (χ2v) is 12.7. The third-order valence-electron chi connectivity index (χ3n) is 8.52. The molecule has 2 aromatic rings. The fraction of sp³-hybridized carbons (Fsp3) is 0.474. The highest BCUT2D eigenvalue weighted by atomic mass is 19.4. The van der Waals surface area contributed by atoms with Gasteiger partial charge >= 0.3 is 12.1 Å². The van der Waals surface area contributed by atoms with Gasteiger partial charge in [0.05, 0.1) is 25.7 Å². The third kappa shape index (κ3) is 9.51. The Labute approximate surface area is 280 Å². The summed E-state index contributed by atoms with van der Waals surface area (Å²) in [5.41, 5.74) is 2.94. The number of allylic oxidation sites excluding steroid dienone is 4. The minimum Gasteiger partial charge on any atom is -0.497 e. The maximum absolute atomic E-state index is 15.8. The molecule has 6 nitrogen and oxygen atoms in total. The van der Waals surface area contributed by atoms with E-state index in [-0.39, 0.29) is 42.9 Å². The van der Waals surface area contributed by atoms with E-state index >= 15 is 4.39 Å². The number of ether oxygens (including phenoxy) is 2. The summed E-state index contributed by atoms with van der Waals surface area (Å²) < 4.78 is 67.0. The number of rotatable bonds is 13. The van der Waals surface area contributed by atoms with Crippen LogP contribution in [0.15, 0.2) is 52.6 Å². The number of nitrogens with zero attached hydrogens (tertiary/aromatic N) is 1. The molecule has 0 N–H and O–H groups in total. The number of methoxy groups -OCH3 is 1. The average molecular weight is 672 g/mol. The lowest BCUT2D eigenvalue weighted by Crippen LogP contribution is -2.27. The average Bonchev–Trinajstić information content (AvgIpc) is 3.00. The molecule has 10 heteroatoms. The Balaban J connectivity index is 2.03. The Hall–Kier alpha value is -4.08. The SMILES string of the molecule is CCOC(=O)CC(/C=N\C(=O)C(CC(C)C)CC1C=C(CC)C(C(F)(F)F)=CC1=O)c1cc(-c2c(C)cc(OC)cc2C)cc(C)c1F. The van der Waals surface area contributed by atoms with Gasteiger partial charge in [-0.15, -0.1) is 0 Å². The Kier molecular flexibility index (Phi) is 13.1. The van der Waals surface area contributed by atoms with Crippen molar-refractivity contribution < 1.29 is 41.4 Å². The number of esters is 1. The van der Waals surface area contributed by atoms with E-state index in [1.54, 1.807) is 40.0 Å². The minimum atomic E-state index is -4.66. The third-order valence-corrected chi connectivity index (χ3v) is 8.52. The van der Waals surface area contributed by atoms with E-state index in [4.69, 9.17) is 9.47 Å². The Morgan fingerprint density at radius 3 is 2.21 bits per heavy atom. The van der Waals surface area contributed by atoms with E-state index in [0.29, 0.717) is 29.4 Å². The lowest BCUT2D eigenvalue weighted by atomic mass is 9.80. The van der Waals surface area contributed by atoms with Crippen LogP contribution in [0, 0.1) is 44.3 Å². The molecule has 3 rings (SSSR count). The van der Waals surface area contributed by atoms with Crippen LogP contribution in [-0.4, -0.2) is 43.8 Å². The molecule has 48 heavy (non-hydrogen) atoms. The van der Waals surface area contributed by atoms with E-state index in [1.165, 1.54) is 12.3 Å². The number of alkyl halides is 3. The summed E-state index contributed by atoms with van der Waals surface area (Å²) in [6, 6.07) is 7.13. The first-order chi connectivity index (χ1) is 22.5. The zero-order chi connectivity index (χ0) is 35.9. The molecule has 0 aliphatic heterocycles. The molecule has 1 aliphatic rings. The molecule has 260 valence electrons. The number of carbonyl (C=O) groups is 3. The maximum atomic E-state index is 15.8. The number of amides is 1. The van der Waals surface area contributed by atoms with Gasteiger partial charge in [-0.2, -0.15) is 13.2 Å². The summed E-state index contributed by atoms with van der Waals surface area (Å²) in [4.78, 5) is 43.3. The van der Waals surface area contributed by atoms with Gasteiger partial charge in [-0.05, 0) is 122 Å². The smallest absolute Gasteiger partial charge is 0.416 e. The molecule has 0 spiro atoms. The lowest BCUT2D eigenvalue weighted by molar-refractivity contribution is -0.143. The Morgan fingerprint density at radius 2 is 1.67 bits per heavy atom. The number of benzene rings is 2. The van der Waals surface area contributed by atoms with Crippen LogP contribution in [-0.2, 0) is 19.1 Å². The standard InChI is InChI=1S/C38H45F4NO5/c1-9-25-15-26(33(44)19-32(25)38(40,41)42)16-28(11-21(3)4)37(46)43-20-29(18-34(45)48-10-2)31-17-27(12-24(7)36(31)39)35-22(5)13-30(47-8)14-23(35)6/h12-15,17,19-21,26,28-29H,9-11,16,18H2,1-8H3/b43-20-. The lowest BCUT2D eigenvalue weighted by Gasteiger charge is -2.25. The molecule has 0 aromatic heterocycles. The van der Waals surface area contributed by atoms with Gasteiger partial charge in [0.15, 0.2) is 5.78 Å². The van der Waals surface area contributed by atoms with Crippen LogP contribution < -0.4 is 4.74 Å². The van der Waals surface area contributed by atoms with Gasteiger partial charge in [-0.1, -0.05) is 26.8 Å². The second-order valence-electron chi connectivity index (χ2n) is 12.7. The molecule has 0 fully saturated rings. The highest BCUT2D eigenvalue weighted by Gasteiger charge is 2.39. The number of carbonyl (C=O) groups excluding carboxylic acids is 3. The highest BCUT2D eigenvalue weighted by molar-refractivity contribution is 5.97. The summed E-state index contributed by atoms with van der Waals surface area (Å²) in [5.74, 6) is -4.46. The maximum Gasteiger partial charge on any atom is 0.416 e. The molecule has 1 amide bonds.